The second-order valence-electron chi connectivity index (χ2n) is 5.76. The maximum Gasteiger partial charge on any atom is 0.134 e. The van der Waals surface area contributed by atoms with Crippen molar-refractivity contribution in [3.63, 3.8) is 0 Å². The van der Waals surface area contributed by atoms with Crippen molar-refractivity contribution in [2.24, 2.45) is 0 Å². The third kappa shape index (κ3) is 3.49. The number of aromatic hydroxyl groups is 1. The monoisotopic (exact) mass is 321 g/mol. The molecule has 0 saturated heterocycles. The van der Waals surface area contributed by atoms with E-state index in [-0.39, 0.29) is 5.75 Å². The quantitative estimate of drug-likeness (QED) is 0.739. The fraction of sp³-hybridized carbons (Fsp3) is 0.250. The molecule has 1 N–H and O–H groups in total. The zero-order valence-corrected chi connectivity index (χ0v) is 14.2. The second kappa shape index (κ2) is 7.32. The number of imidazole rings is 1. The lowest BCUT2D eigenvalue weighted by molar-refractivity contribution is 0.245. The minimum absolute atomic E-state index is 0.279. The van der Waals surface area contributed by atoms with Crippen molar-refractivity contribution in [3.8, 4) is 5.75 Å². The lowest BCUT2D eigenvalue weighted by Gasteiger charge is -2.20. The summed E-state index contributed by atoms with van der Waals surface area (Å²) < 4.78 is 2.25. The number of phenolic OH excluding ortho intramolecular Hbond substituents is 1. The summed E-state index contributed by atoms with van der Waals surface area (Å²) in [6.45, 7) is 7.18. The Morgan fingerprint density at radius 3 is 2.42 bits per heavy atom. The Hall–Kier alpha value is -2.59. The Kier molecular flexibility index (Phi) is 4.96. The molecule has 4 nitrogen and oxygen atoms in total. The van der Waals surface area contributed by atoms with E-state index >= 15 is 0 Å². The molecule has 4 heteroatoms. The number of fused-ring (bicyclic) bond motifs is 1. The molecule has 0 spiro atoms. The van der Waals surface area contributed by atoms with Gasteiger partial charge in [0.05, 0.1) is 17.7 Å². The van der Waals surface area contributed by atoms with Crippen LogP contribution in [0.5, 0.6) is 5.75 Å². The highest BCUT2D eigenvalue weighted by molar-refractivity contribution is 5.79. The third-order valence-electron chi connectivity index (χ3n) is 4.24. The number of nitrogens with zero attached hydrogens (tertiary/aromatic N) is 3. The smallest absolute Gasteiger partial charge is 0.134 e. The summed E-state index contributed by atoms with van der Waals surface area (Å²) in [6.07, 6.45) is 4.06. The van der Waals surface area contributed by atoms with Gasteiger partial charge in [0.2, 0.25) is 0 Å². The van der Waals surface area contributed by atoms with Crippen LogP contribution in [0.1, 0.15) is 25.2 Å². The van der Waals surface area contributed by atoms with Crippen molar-refractivity contribution in [2.45, 2.75) is 20.5 Å². The van der Waals surface area contributed by atoms with Gasteiger partial charge in [0.1, 0.15) is 11.6 Å². The highest BCUT2D eigenvalue weighted by Crippen LogP contribution is 2.19. The molecule has 0 radical (unpaired) electrons. The summed E-state index contributed by atoms with van der Waals surface area (Å²) in [5.41, 5.74) is 3.19. The molecule has 1 aromatic heterocycles. The van der Waals surface area contributed by atoms with Gasteiger partial charge < -0.3 is 9.67 Å². The van der Waals surface area contributed by atoms with Gasteiger partial charge in [-0.15, -0.1) is 0 Å². The van der Waals surface area contributed by atoms with Crippen LogP contribution >= 0.6 is 0 Å². The van der Waals surface area contributed by atoms with E-state index in [1.165, 1.54) is 0 Å². The first-order chi connectivity index (χ1) is 11.7. The number of para-hydroxylation sites is 2. The second-order valence-corrected chi connectivity index (χ2v) is 5.76. The van der Waals surface area contributed by atoms with Gasteiger partial charge in [-0.05, 0) is 49.0 Å². The summed E-state index contributed by atoms with van der Waals surface area (Å²) >= 11 is 0. The molecule has 0 aliphatic carbocycles. The van der Waals surface area contributed by atoms with Gasteiger partial charge in [-0.2, -0.15) is 0 Å². The number of hydrogen-bond donors (Lipinski definition) is 1. The molecule has 2 aromatic carbocycles. The number of benzene rings is 2. The van der Waals surface area contributed by atoms with Crippen LogP contribution < -0.4 is 0 Å². The zero-order chi connectivity index (χ0) is 16.9. The van der Waals surface area contributed by atoms with Crippen LogP contribution in [-0.4, -0.2) is 32.6 Å². The molecule has 3 aromatic rings. The van der Waals surface area contributed by atoms with E-state index in [1.54, 1.807) is 12.1 Å². The summed E-state index contributed by atoms with van der Waals surface area (Å²) in [6, 6.07) is 15.4. The number of hydrogen-bond acceptors (Lipinski definition) is 3. The average molecular weight is 321 g/mol. The first-order valence-electron chi connectivity index (χ1n) is 8.36. The van der Waals surface area contributed by atoms with Gasteiger partial charge in [-0.1, -0.05) is 44.2 Å². The van der Waals surface area contributed by atoms with E-state index in [2.05, 4.69) is 35.4 Å². The topological polar surface area (TPSA) is 41.3 Å². The van der Waals surface area contributed by atoms with E-state index in [0.29, 0.717) is 0 Å². The molecule has 1 heterocycles. The number of aromatic nitrogens is 2. The summed E-state index contributed by atoms with van der Waals surface area (Å²) in [5.74, 6) is 1.22. The van der Waals surface area contributed by atoms with Gasteiger partial charge in [0, 0.05) is 0 Å². The van der Waals surface area contributed by atoms with Crippen molar-refractivity contribution in [2.75, 3.05) is 13.1 Å². The van der Waals surface area contributed by atoms with Gasteiger partial charge in [-0.25, -0.2) is 4.98 Å². The molecule has 0 saturated carbocycles. The van der Waals surface area contributed by atoms with Crippen molar-refractivity contribution >= 4 is 23.2 Å². The van der Waals surface area contributed by atoms with Crippen LogP contribution in [0.4, 0.5) is 0 Å². The lowest BCUT2D eigenvalue weighted by Crippen LogP contribution is -2.26. The van der Waals surface area contributed by atoms with Crippen molar-refractivity contribution in [3.05, 3.63) is 59.9 Å². The van der Waals surface area contributed by atoms with Gasteiger partial charge in [0.15, 0.2) is 0 Å². The SMILES string of the molecule is CCN(CC)Cn1c(/C=C/c2ccc(O)cc2)nc2ccccc21. The normalized spacial score (nSPS) is 11.8. The van der Waals surface area contributed by atoms with E-state index in [0.717, 1.165) is 42.2 Å². The largest absolute Gasteiger partial charge is 0.508 e. The molecule has 0 aliphatic rings. The highest BCUT2D eigenvalue weighted by atomic mass is 16.3. The molecule has 0 unspecified atom stereocenters. The highest BCUT2D eigenvalue weighted by Gasteiger charge is 2.10. The molecule has 0 aliphatic heterocycles. The maximum absolute atomic E-state index is 9.39. The van der Waals surface area contributed by atoms with E-state index in [9.17, 15) is 5.11 Å². The Morgan fingerprint density at radius 2 is 1.71 bits per heavy atom. The molecular weight excluding hydrogens is 298 g/mol. The fourth-order valence-electron chi connectivity index (χ4n) is 2.75. The summed E-state index contributed by atoms with van der Waals surface area (Å²) in [5, 5.41) is 9.39. The molecule has 0 fully saturated rings. The minimum atomic E-state index is 0.279. The predicted octanol–water partition coefficient (Wildman–Crippen LogP) is 4.21. The third-order valence-corrected chi connectivity index (χ3v) is 4.24. The average Bonchev–Trinajstić information content (AvgIpc) is 2.96. The van der Waals surface area contributed by atoms with Crippen molar-refractivity contribution in [1.82, 2.24) is 14.5 Å². The molecular formula is C20H23N3O. The number of phenols is 1. The molecule has 3 rings (SSSR count). The lowest BCUT2D eigenvalue weighted by atomic mass is 10.2. The summed E-state index contributed by atoms with van der Waals surface area (Å²) in [7, 11) is 0. The Balaban J connectivity index is 1.98. The molecule has 0 atom stereocenters. The van der Waals surface area contributed by atoms with Crippen LogP contribution in [0.15, 0.2) is 48.5 Å². The Morgan fingerprint density at radius 1 is 1.00 bits per heavy atom. The van der Waals surface area contributed by atoms with Crippen LogP contribution in [-0.2, 0) is 6.67 Å². The van der Waals surface area contributed by atoms with E-state index in [4.69, 9.17) is 4.98 Å². The Bertz CT molecular complexity index is 830. The van der Waals surface area contributed by atoms with Crippen LogP contribution in [0.25, 0.3) is 23.2 Å². The van der Waals surface area contributed by atoms with Crippen LogP contribution in [0, 0.1) is 0 Å². The number of rotatable bonds is 6. The maximum atomic E-state index is 9.39. The van der Waals surface area contributed by atoms with Crippen LogP contribution in [0.2, 0.25) is 0 Å². The zero-order valence-electron chi connectivity index (χ0n) is 14.2. The first-order valence-corrected chi connectivity index (χ1v) is 8.36. The predicted molar refractivity (Wildman–Crippen MR) is 99.7 cm³/mol. The van der Waals surface area contributed by atoms with Crippen molar-refractivity contribution < 1.29 is 5.11 Å². The van der Waals surface area contributed by atoms with Crippen LogP contribution in [0.3, 0.4) is 0 Å². The van der Waals surface area contributed by atoms with Gasteiger partial charge >= 0.3 is 0 Å². The molecule has 0 amide bonds. The Labute approximate surface area is 142 Å². The minimum Gasteiger partial charge on any atom is -0.508 e. The van der Waals surface area contributed by atoms with Crippen molar-refractivity contribution in [1.29, 1.82) is 0 Å². The molecule has 24 heavy (non-hydrogen) atoms. The van der Waals surface area contributed by atoms with Gasteiger partial charge in [0.25, 0.3) is 0 Å². The van der Waals surface area contributed by atoms with E-state index in [1.807, 2.05) is 36.4 Å². The molecule has 0 bridgehead atoms. The van der Waals surface area contributed by atoms with Gasteiger partial charge in [-0.3, -0.25) is 4.90 Å². The summed E-state index contributed by atoms with van der Waals surface area (Å²) in [4.78, 5) is 7.13. The molecule has 124 valence electrons. The first kappa shape index (κ1) is 16.3. The van der Waals surface area contributed by atoms with E-state index < -0.39 is 0 Å². The standard InChI is InChI=1S/C20H23N3O/c1-3-22(4-2)15-23-19-8-6-5-7-18(19)21-20(23)14-11-16-9-12-17(24)13-10-16/h5-14,24H,3-4,15H2,1-2H3/b14-11+. The fourth-order valence-corrected chi connectivity index (χ4v) is 2.75.